The van der Waals surface area contributed by atoms with E-state index >= 15 is 0 Å². The highest BCUT2D eigenvalue weighted by Gasteiger charge is 2.37. The molecule has 11 heteroatoms. The number of ether oxygens (including phenoxy) is 3. The van der Waals surface area contributed by atoms with Crippen LogP contribution in [-0.4, -0.2) is 63.8 Å². The summed E-state index contributed by atoms with van der Waals surface area (Å²) in [5.74, 6) is 0.927. The smallest absolute Gasteiger partial charge is 0.163 e. The minimum atomic E-state index is -3.69. The largest absolute Gasteiger partial charge is 0.381 e. The van der Waals surface area contributed by atoms with Crippen molar-refractivity contribution in [3.8, 4) is 0 Å². The van der Waals surface area contributed by atoms with Gasteiger partial charge in [0.05, 0.1) is 35.0 Å². The summed E-state index contributed by atoms with van der Waals surface area (Å²) in [6.07, 6.45) is 5.64. The van der Waals surface area contributed by atoms with E-state index in [1.165, 1.54) is 0 Å². The lowest BCUT2D eigenvalue weighted by Crippen LogP contribution is -2.32. The first-order valence-electron chi connectivity index (χ1n) is 12.5. The molecule has 4 rings (SSSR count). The van der Waals surface area contributed by atoms with Crippen LogP contribution in [0.5, 0.6) is 0 Å². The van der Waals surface area contributed by atoms with Crippen LogP contribution in [0, 0.1) is 6.92 Å². The molecule has 2 saturated heterocycles. The zero-order chi connectivity index (χ0) is 25.2. The predicted molar refractivity (Wildman–Crippen MR) is 129 cm³/mol. The lowest BCUT2D eigenvalue weighted by Gasteiger charge is -2.28. The maximum atomic E-state index is 13.7. The van der Waals surface area contributed by atoms with Gasteiger partial charge in [-0.1, -0.05) is 0 Å². The number of sulfone groups is 1. The van der Waals surface area contributed by atoms with Crippen molar-refractivity contribution >= 4 is 9.84 Å². The van der Waals surface area contributed by atoms with E-state index in [2.05, 4.69) is 20.2 Å². The summed E-state index contributed by atoms with van der Waals surface area (Å²) in [6.45, 7) is 10.6. The molecule has 0 N–H and O–H groups in total. The van der Waals surface area contributed by atoms with Gasteiger partial charge in [-0.15, -0.1) is 10.2 Å². The molecule has 4 heterocycles. The van der Waals surface area contributed by atoms with Gasteiger partial charge in [0, 0.05) is 25.5 Å². The topological polar surface area (TPSA) is 118 Å². The van der Waals surface area contributed by atoms with Gasteiger partial charge < -0.3 is 18.8 Å². The van der Waals surface area contributed by atoms with Crippen LogP contribution in [0.4, 0.5) is 0 Å². The molecule has 0 amide bonds. The lowest BCUT2D eigenvalue weighted by molar-refractivity contribution is 0.00381. The first kappa shape index (κ1) is 26.1. The highest BCUT2D eigenvalue weighted by molar-refractivity contribution is 7.91. The Morgan fingerprint density at radius 2 is 1.83 bits per heavy atom. The lowest BCUT2D eigenvalue weighted by atomic mass is 10.1. The molecule has 2 aromatic heterocycles. The number of aryl methyl sites for hydroxylation is 1. The van der Waals surface area contributed by atoms with Crippen molar-refractivity contribution in [1.82, 2.24) is 24.7 Å². The van der Waals surface area contributed by atoms with Crippen molar-refractivity contribution in [3.05, 3.63) is 35.4 Å². The van der Waals surface area contributed by atoms with E-state index in [1.54, 1.807) is 19.3 Å². The fourth-order valence-corrected chi connectivity index (χ4v) is 6.15. The monoisotopic (exact) mass is 507 g/mol. The van der Waals surface area contributed by atoms with Crippen molar-refractivity contribution in [2.24, 2.45) is 0 Å². The number of nitrogens with zero attached hydrogens (tertiary/aromatic N) is 5. The van der Waals surface area contributed by atoms with Crippen LogP contribution in [-0.2, 0) is 29.8 Å². The second-order valence-electron chi connectivity index (χ2n) is 9.90. The van der Waals surface area contributed by atoms with Crippen molar-refractivity contribution in [3.63, 3.8) is 0 Å². The third-order valence-corrected chi connectivity index (χ3v) is 8.74. The number of hydrogen-bond acceptors (Lipinski definition) is 9. The first-order valence-corrected chi connectivity index (χ1v) is 14.2. The van der Waals surface area contributed by atoms with Gasteiger partial charge in [-0.25, -0.2) is 8.42 Å². The summed E-state index contributed by atoms with van der Waals surface area (Å²) < 4.78 is 47.1. The average Bonchev–Trinajstić information content (AvgIpc) is 3.43. The van der Waals surface area contributed by atoms with Crippen molar-refractivity contribution < 1.29 is 22.6 Å². The molecule has 2 aliphatic rings. The summed E-state index contributed by atoms with van der Waals surface area (Å²) in [7, 11) is -3.69. The molecule has 10 nitrogen and oxygen atoms in total. The van der Waals surface area contributed by atoms with Crippen LogP contribution in [0.3, 0.4) is 0 Å². The molecule has 0 unspecified atom stereocenters. The van der Waals surface area contributed by atoms with E-state index in [0.29, 0.717) is 24.7 Å². The van der Waals surface area contributed by atoms with Gasteiger partial charge in [-0.2, -0.15) is 0 Å². The average molecular weight is 508 g/mol. The molecule has 0 saturated carbocycles. The summed E-state index contributed by atoms with van der Waals surface area (Å²) in [5.41, 5.74) is 1.26. The van der Waals surface area contributed by atoms with Crippen molar-refractivity contribution in [2.45, 2.75) is 102 Å². The molecule has 194 valence electrons. The molecule has 0 bridgehead atoms. The van der Waals surface area contributed by atoms with Gasteiger partial charge in [0.2, 0.25) is 0 Å². The van der Waals surface area contributed by atoms with E-state index < -0.39 is 21.2 Å². The number of hydrogen-bond donors (Lipinski definition) is 0. The Morgan fingerprint density at radius 3 is 2.43 bits per heavy atom. The number of aromatic nitrogens is 5. The molecular weight excluding hydrogens is 470 g/mol. The van der Waals surface area contributed by atoms with E-state index in [1.807, 2.05) is 32.3 Å². The van der Waals surface area contributed by atoms with E-state index in [0.717, 1.165) is 37.2 Å². The third kappa shape index (κ3) is 6.07. The van der Waals surface area contributed by atoms with Crippen LogP contribution in [0.1, 0.15) is 94.7 Å². The summed E-state index contributed by atoms with van der Waals surface area (Å²) >= 11 is 0. The van der Waals surface area contributed by atoms with Crippen LogP contribution < -0.4 is 0 Å². The van der Waals surface area contributed by atoms with Gasteiger partial charge in [-0.3, -0.25) is 9.97 Å². The minimum absolute atomic E-state index is 0.0828. The van der Waals surface area contributed by atoms with Gasteiger partial charge in [-0.05, 0) is 60.3 Å². The Morgan fingerprint density at radius 1 is 1.09 bits per heavy atom. The first-order chi connectivity index (χ1) is 16.7. The molecule has 35 heavy (non-hydrogen) atoms. The van der Waals surface area contributed by atoms with E-state index in [-0.39, 0.29) is 30.1 Å². The highest BCUT2D eigenvalue weighted by Crippen LogP contribution is 2.36. The third-order valence-electron chi connectivity index (χ3n) is 6.70. The zero-order valence-corrected chi connectivity index (χ0v) is 22.1. The molecule has 0 aliphatic carbocycles. The summed E-state index contributed by atoms with van der Waals surface area (Å²) in [5, 5.41) is 7.97. The standard InChI is InChI=1S/C24H37N5O5S/c1-15(2)33-23(20-13-25-16(3)12-26-20)18(5)35(30,31)14-22-27-28-24(21-7-6-17(4)34-21)29(22)19-8-10-32-11-9-19/h12-13,15,17-19,21,23H,6-11,14H2,1-5H3/t17-,18+,21-,23-/m1/s1. The van der Waals surface area contributed by atoms with Crippen molar-refractivity contribution in [2.75, 3.05) is 13.2 Å². The van der Waals surface area contributed by atoms with Crippen molar-refractivity contribution in [1.29, 1.82) is 0 Å². The Labute approximate surface area is 207 Å². The molecule has 0 spiro atoms. The minimum Gasteiger partial charge on any atom is -0.381 e. The Kier molecular flexibility index (Phi) is 8.19. The Bertz CT molecular complexity index is 1080. The second-order valence-corrected chi connectivity index (χ2v) is 12.3. The number of rotatable bonds is 9. The molecule has 2 fully saturated rings. The van der Waals surface area contributed by atoms with Gasteiger partial charge in [0.15, 0.2) is 15.7 Å². The summed E-state index contributed by atoms with van der Waals surface area (Å²) in [6, 6.07) is 0.0828. The molecule has 2 aliphatic heterocycles. The zero-order valence-electron chi connectivity index (χ0n) is 21.3. The quantitative estimate of drug-likeness (QED) is 0.503. The van der Waals surface area contributed by atoms with E-state index in [9.17, 15) is 8.42 Å². The highest BCUT2D eigenvalue weighted by atomic mass is 32.2. The maximum absolute atomic E-state index is 13.7. The Hall–Kier alpha value is -1.95. The fourth-order valence-electron chi connectivity index (χ4n) is 4.75. The SMILES string of the molecule is Cc1cnc([C@H](OC(C)C)[C@H](C)S(=O)(=O)Cc2nnc([C@H]3CC[C@@H](C)O3)n2C2CCOCC2)cn1. The maximum Gasteiger partial charge on any atom is 0.163 e. The molecule has 0 aromatic carbocycles. The van der Waals surface area contributed by atoms with E-state index in [4.69, 9.17) is 14.2 Å². The Balaban J connectivity index is 1.64. The van der Waals surface area contributed by atoms with Crippen LogP contribution in [0.2, 0.25) is 0 Å². The molecule has 4 atom stereocenters. The van der Waals surface area contributed by atoms with Gasteiger partial charge >= 0.3 is 0 Å². The van der Waals surface area contributed by atoms with Gasteiger partial charge in [0.25, 0.3) is 0 Å². The second kappa shape index (κ2) is 11.0. The van der Waals surface area contributed by atoms with Gasteiger partial charge in [0.1, 0.15) is 23.8 Å². The molecule has 2 aromatic rings. The fraction of sp³-hybridized carbons (Fsp3) is 0.750. The normalized spacial score (nSPS) is 23.6. The molecule has 0 radical (unpaired) electrons. The van der Waals surface area contributed by atoms with Crippen LogP contribution in [0.15, 0.2) is 12.4 Å². The molecular formula is C24H37N5O5S. The summed E-state index contributed by atoms with van der Waals surface area (Å²) in [4.78, 5) is 8.71. The van der Waals surface area contributed by atoms with Crippen LogP contribution >= 0.6 is 0 Å². The predicted octanol–water partition coefficient (Wildman–Crippen LogP) is 3.44. The van der Waals surface area contributed by atoms with Crippen LogP contribution in [0.25, 0.3) is 0 Å².